The molecule has 0 aliphatic carbocycles. The van der Waals surface area contributed by atoms with Crippen LogP contribution in [0, 0.1) is 0 Å². The van der Waals surface area contributed by atoms with E-state index in [1.54, 1.807) is 0 Å². The zero-order valence-electron chi connectivity index (χ0n) is 14.2. The minimum absolute atomic E-state index is 0.493. The van der Waals surface area contributed by atoms with Crippen molar-refractivity contribution >= 4 is 34.9 Å². The molecule has 0 saturated carbocycles. The summed E-state index contributed by atoms with van der Waals surface area (Å²) in [6, 6.07) is 14.4. The molecule has 2 N–H and O–H groups in total. The average molecular weight is 350 g/mol. The van der Waals surface area contributed by atoms with Crippen molar-refractivity contribution in [2.75, 3.05) is 23.3 Å². The molecule has 0 bridgehead atoms. The normalized spacial score (nSPS) is 15.8. The molecule has 0 atom stereocenters. The number of thiocarbonyl (C=S) groups is 1. The second-order valence-corrected chi connectivity index (χ2v) is 6.98. The molecule has 0 aromatic heterocycles. The third-order valence-corrected chi connectivity index (χ3v) is 4.96. The lowest BCUT2D eigenvalue weighted by atomic mass is 9.90. The van der Waals surface area contributed by atoms with Gasteiger partial charge >= 0.3 is 0 Å². The summed E-state index contributed by atoms with van der Waals surface area (Å²) in [6.07, 6.45) is 6.69. The predicted molar refractivity (Wildman–Crippen MR) is 109 cm³/mol. The highest BCUT2D eigenvalue weighted by Crippen LogP contribution is 2.35. The number of nitrogens with zero attached hydrogens (tertiary/aromatic N) is 2. The van der Waals surface area contributed by atoms with Crippen LogP contribution in [0.4, 0.5) is 11.4 Å². The number of hydrogen-bond acceptors (Lipinski definition) is 3. The molecule has 128 valence electrons. The Morgan fingerprint density at radius 2 is 1.72 bits per heavy atom. The fourth-order valence-corrected chi connectivity index (χ4v) is 3.92. The lowest BCUT2D eigenvalue weighted by Crippen LogP contribution is -2.34. The number of hydrazone groups is 1. The summed E-state index contributed by atoms with van der Waals surface area (Å²) in [5.41, 5.74) is 9.42. The van der Waals surface area contributed by atoms with E-state index in [0.29, 0.717) is 5.11 Å². The SMILES string of the molecule is S=C(N/N=C/c1cc2c3c(c1)CCCN3CCC2)Nc1ccccc1. The second kappa shape index (κ2) is 7.23. The molecule has 4 nitrogen and oxygen atoms in total. The van der Waals surface area contributed by atoms with Crippen molar-refractivity contribution in [2.24, 2.45) is 5.10 Å². The maximum atomic E-state index is 5.28. The van der Waals surface area contributed by atoms with Gasteiger partial charge in [-0.15, -0.1) is 0 Å². The fraction of sp³-hybridized carbons (Fsp3) is 0.300. The first-order chi connectivity index (χ1) is 12.3. The molecular formula is C20H22N4S. The zero-order valence-corrected chi connectivity index (χ0v) is 15.0. The van der Waals surface area contributed by atoms with Crippen LogP contribution in [-0.4, -0.2) is 24.4 Å². The van der Waals surface area contributed by atoms with Crippen LogP contribution < -0.4 is 15.6 Å². The first kappa shape index (κ1) is 16.1. The summed E-state index contributed by atoms with van der Waals surface area (Å²) in [5, 5.41) is 7.92. The zero-order chi connectivity index (χ0) is 17.1. The molecule has 0 unspecified atom stereocenters. The van der Waals surface area contributed by atoms with Crippen molar-refractivity contribution in [1.82, 2.24) is 5.43 Å². The smallest absolute Gasteiger partial charge is 0.191 e. The quantitative estimate of drug-likeness (QED) is 0.503. The summed E-state index contributed by atoms with van der Waals surface area (Å²) >= 11 is 5.28. The van der Waals surface area contributed by atoms with Crippen LogP contribution in [0.2, 0.25) is 0 Å². The van der Waals surface area contributed by atoms with Crippen molar-refractivity contribution in [3.63, 3.8) is 0 Å². The van der Waals surface area contributed by atoms with E-state index in [2.05, 4.69) is 32.9 Å². The van der Waals surface area contributed by atoms with E-state index >= 15 is 0 Å². The molecule has 5 heteroatoms. The number of para-hydroxylation sites is 1. The molecule has 0 saturated heterocycles. The predicted octanol–water partition coefficient (Wildman–Crippen LogP) is 3.71. The van der Waals surface area contributed by atoms with Crippen LogP contribution in [0.1, 0.15) is 29.5 Å². The van der Waals surface area contributed by atoms with Gasteiger partial charge in [-0.1, -0.05) is 18.2 Å². The maximum absolute atomic E-state index is 5.28. The monoisotopic (exact) mass is 350 g/mol. The van der Waals surface area contributed by atoms with Crippen molar-refractivity contribution in [1.29, 1.82) is 0 Å². The number of anilines is 2. The van der Waals surface area contributed by atoms with Gasteiger partial charge in [0.1, 0.15) is 0 Å². The van der Waals surface area contributed by atoms with Crippen LogP contribution in [-0.2, 0) is 12.8 Å². The number of rotatable bonds is 3. The lowest BCUT2D eigenvalue weighted by Gasteiger charge is -2.37. The summed E-state index contributed by atoms with van der Waals surface area (Å²) in [6.45, 7) is 2.41. The molecule has 0 spiro atoms. The Morgan fingerprint density at radius 3 is 2.40 bits per heavy atom. The summed E-state index contributed by atoms with van der Waals surface area (Å²) in [4.78, 5) is 2.55. The van der Waals surface area contributed by atoms with Crippen LogP contribution in [0.3, 0.4) is 0 Å². The van der Waals surface area contributed by atoms with Crippen molar-refractivity contribution < 1.29 is 0 Å². The molecular weight excluding hydrogens is 328 g/mol. The van der Waals surface area contributed by atoms with Gasteiger partial charge in [-0.25, -0.2) is 0 Å². The molecule has 2 aliphatic heterocycles. The molecule has 0 amide bonds. The molecule has 2 aliphatic rings. The van der Waals surface area contributed by atoms with Crippen LogP contribution in [0.15, 0.2) is 47.6 Å². The van der Waals surface area contributed by atoms with Gasteiger partial charge in [-0.3, -0.25) is 5.43 Å². The Bertz CT molecular complexity index is 770. The number of hydrogen-bond donors (Lipinski definition) is 2. The molecule has 0 fully saturated rings. The van der Waals surface area contributed by atoms with E-state index in [1.807, 2.05) is 36.5 Å². The minimum Gasteiger partial charge on any atom is -0.371 e. The van der Waals surface area contributed by atoms with E-state index in [1.165, 1.54) is 55.6 Å². The first-order valence-corrected chi connectivity index (χ1v) is 9.26. The molecule has 2 aromatic carbocycles. The first-order valence-electron chi connectivity index (χ1n) is 8.85. The van der Waals surface area contributed by atoms with Crippen LogP contribution in [0.25, 0.3) is 0 Å². The van der Waals surface area contributed by atoms with E-state index < -0.39 is 0 Å². The highest BCUT2D eigenvalue weighted by atomic mass is 32.1. The second-order valence-electron chi connectivity index (χ2n) is 6.57. The van der Waals surface area contributed by atoms with Gasteiger partial charge in [0.05, 0.1) is 6.21 Å². The highest BCUT2D eigenvalue weighted by molar-refractivity contribution is 7.80. The van der Waals surface area contributed by atoms with Gasteiger partial charge < -0.3 is 10.2 Å². The van der Waals surface area contributed by atoms with Gasteiger partial charge in [0, 0.05) is 24.5 Å². The number of nitrogens with one attached hydrogen (secondary N) is 2. The minimum atomic E-state index is 0.493. The Morgan fingerprint density at radius 1 is 1.04 bits per heavy atom. The maximum Gasteiger partial charge on any atom is 0.191 e. The molecule has 25 heavy (non-hydrogen) atoms. The standard InChI is InChI=1S/C20H22N4S/c25-20(22-18-8-2-1-3-9-18)23-21-14-15-12-16-6-4-10-24-11-5-7-17(13-15)19(16)24/h1-3,8-9,12-14H,4-7,10-11H2,(H2,22,23,25)/b21-14+. The Balaban J connectivity index is 1.44. The van der Waals surface area contributed by atoms with Crippen LogP contribution >= 0.6 is 12.2 Å². The Labute approximate surface area is 153 Å². The molecule has 0 radical (unpaired) electrons. The lowest BCUT2D eigenvalue weighted by molar-refractivity contribution is 0.634. The summed E-state index contributed by atoms with van der Waals surface area (Å²) in [7, 11) is 0. The number of aryl methyl sites for hydroxylation is 2. The van der Waals surface area contributed by atoms with E-state index in [4.69, 9.17) is 12.2 Å². The topological polar surface area (TPSA) is 39.7 Å². The Kier molecular flexibility index (Phi) is 4.65. The van der Waals surface area contributed by atoms with E-state index in [-0.39, 0.29) is 0 Å². The van der Waals surface area contributed by atoms with Crippen LogP contribution in [0.5, 0.6) is 0 Å². The van der Waals surface area contributed by atoms with Crippen molar-refractivity contribution in [3.8, 4) is 0 Å². The third kappa shape index (κ3) is 3.66. The van der Waals surface area contributed by atoms with Gasteiger partial charge in [-0.2, -0.15) is 5.10 Å². The summed E-state index contributed by atoms with van der Waals surface area (Å²) < 4.78 is 0. The Hall–Kier alpha value is -2.40. The number of benzene rings is 2. The van der Waals surface area contributed by atoms with Crippen molar-refractivity contribution in [3.05, 3.63) is 59.2 Å². The summed E-state index contributed by atoms with van der Waals surface area (Å²) in [5.74, 6) is 0. The average Bonchev–Trinajstić information content (AvgIpc) is 2.63. The van der Waals surface area contributed by atoms with Gasteiger partial charge in [-0.05, 0) is 78.9 Å². The molecule has 2 aromatic rings. The highest BCUT2D eigenvalue weighted by Gasteiger charge is 2.23. The van der Waals surface area contributed by atoms with E-state index in [0.717, 1.165) is 11.3 Å². The van der Waals surface area contributed by atoms with Gasteiger partial charge in [0.2, 0.25) is 0 Å². The largest absolute Gasteiger partial charge is 0.371 e. The molecule has 2 heterocycles. The fourth-order valence-electron chi connectivity index (χ4n) is 3.75. The molecule has 4 rings (SSSR count). The van der Waals surface area contributed by atoms with Crippen molar-refractivity contribution in [2.45, 2.75) is 25.7 Å². The van der Waals surface area contributed by atoms with Gasteiger partial charge in [0.25, 0.3) is 0 Å². The van der Waals surface area contributed by atoms with E-state index in [9.17, 15) is 0 Å². The third-order valence-electron chi connectivity index (χ3n) is 4.77. The van der Waals surface area contributed by atoms with Gasteiger partial charge in [0.15, 0.2) is 5.11 Å².